The van der Waals surface area contributed by atoms with Crippen molar-refractivity contribution < 1.29 is 23.7 Å². The van der Waals surface area contributed by atoms with Crippen molar-refractivity contribution in [1.82, 2.24) is 0 Å². The highest BCUT2D eigenvalue weighted by Gasteiger charge is 2.71. The molecule has 200 valence electrons. The summed E-state index contributed by atoms with van der Waals surface area (Å²) < 4.78 is 15.8. The lowest BCUT2D eigenvalue weighted by Crippen LogP contribution is -2.48. The number of carbonyl (C=O) groups is 3. The Bertz CT molecular complexity index is 1790. The van der Waals surface area contributed by atoms with E-state index in [0.717, 1.165) is 5.56 Å². The minimum Gasteiger partial charge on any atom is -0.352 e. The van der Waals surface area contributed by atoms with Crippen LogP contribution in [-0.2, 0) is 0 Å². The molecule has 3 atom stereocenters. The van der Waals surface area contributed by atoms with Gasteiger partial charge in [-0.05, 0) is 35.4 Å². The molecule has 7 nitrogen and oxygen atoms in total. The zero-order valence-electron chi connectivity index (χ0n) is 21.4. The molecule has 4 aromatic rings. The number of para-hydroxylation sites is 1. The second-order valence-corrected chi connectivity index (χ2v) is 10.5. The first-order valence-corrected chi connectivity index (χ1v) is 13.1. The molecule has 8 heteroatoms. The van der Waals surface area contributed by atoms with Gasteiger partial charge < -0.3 is 4.90 Å². The monoisotopic (exact) mass is 544 g/mol. The van der Waals surface area contributed by atoms with Crippen LogP contribution in [0.15, 0.2) is 103 Å². The minimum atomic E-state index is -1.82. The standard InChI is InChI=1S/C33H21FN2O5/c34-25-11-5-4-10-24(25)28-29(30(37)20-13-16-21(17-14-20)36(40)41)35-26-12-6-1-7-19(26)15-18-27(35)33(28)31(38)22-8-2-3-9-23(22)32(33)39/h1-18,27-29H/t27?,28-,29+/m1/s1. The Hall–Kier alpha value is -5.24. The van der Waals surface area contributed by atoms with Crippen molar-refractivity contribution in [2.45, 2.75) is 18.0 Å². The van der Waals surface area contributed by atoms with Crippen molar-refractivity contribution in [1.29, 1.82) is 0 Å². The largest absolute Gasteiger partial charge is 0.352 e. The molecule has 2 heterocycles. The molecular formula is C33H21FN2O5. The number of hydrogen-bond donors (Lipinski definition) is 0. The number of rotatable bonds is 4. The van der Waals surface area contributed by atoms with E-state index in [-0.39, 0.29) is 27.9 Å². The van der Waals surface area contributed by atoms with Crippen molar-refractivity contribution in [2.75, 3.05) is 4.90 Å². The van der Waals surface area contributed by atoms with Crippen LogP contribution >= 0.6 is 0 Å². The second kappa shape index (κ2) is 8.89. The highest BCUT2D eigenvalue weighted by molar-refractivity contribution is 6.32. The first-order valence-electron chi connectivity index (χ1n) is 13.1. The van der Waals surface area contributed by atoms with E-state index in [9.17, 15) is 24.5 Å². The number of hydrogen-bond acceptors (Lipinski definition) is 6. The van der Waals surface area contributed by atoms with Crippen LogP contribution in [0, 0.1) is 21.3 Å². The van der Waals surface area contributed by atoms with Crippen molar-refractivity contribution >= 4 is 34.8 Å². The number of carbonyl (C=O) groups excluding carboxylic acids is 3. The summed E-state index contributed by atoms with van der Waals surface area (Å²) in [6, 6.07) is 22.9. The van der Waals surface area contributed by atoms with E-state index >= 15 is 4.39 Å². The average Bonchev–Trinajstić information content (AvgIpc) is 3.43. The van der Waals surface area contributed by atoms with E-state index in [4.69, 9.17) is 0 Å². The summed E-state index contributed by atoms with van der Waals surface area (Å²) in [5.41, 5.74) is 0.138. The molecule has 0 N–H and O–H groups in total. The fraction of sp³-hybridized carbons (Fsp3) is 0.121. The lowest BCUT2D eigenvalue weighted by atomic mass is 9.64. The van der Waals surface area contributed by atoms with Gasteiger partial charge in [-0.2, -0.15) is 0 Å². The van der Waals surface area contributed by atoms with Crippen LogP contribution in [0.5, 0.6) is 0 Å². The number of nitro benzene ring substituents is 1. The molecule has 3 aliphatic rings. The molecule has 1 spiro atoms. The second-order valence-electron chi connectivity index (χ2n) is 10.5. The van der Waals surface area contributed by atoms with Crippen LogP contribution in [0.25, 0.3) is 6.08 Å². The maximum Gasteiger partial charge on any atom is 0.269 e. The highest BCUT2D eigenvalue weighted by atomic mass is 19.1. The van der Waals surface area contributed by atoms with Gasteiger partial charge in [-0.1, -0.05) is 72.8 Å². The van der Waals surface area contributed by atoms with Gasteiger partial charge in [0.15, 0.2) is 17.3 Å². The van der Waals surface area contributed by atoms with E-state index in [0.29, 0.717) is 5.69 Å². The fourth-order valence-corrected chi connectivity index (χ4v) is 6.91. The first-order chi connectivity index (χ1) is 19.9. The summed E-state index contributed by atoms with van der Waals surface area (Å²) in [5, 5.41) is 11.3. The Balaban J connectivity index is 1.53. The minimum absolute atomic E-state index is 0.0857. The molecule has 4 aromatic carbocycles. The molecule has 0 amide bonds. The molecular weight excluding hydrogens is 523 g/mol. The molecule has 1 saturated heterocycles. The van der Waals surface area contributed by atoms with Crippen molar-refractivity contribution in [3.63, 3.8) is 0 Å². The van der Waals surface area contributed by atoms with Gasteiger partial charge in [0.1, 0.15) is 17.3 Å². The third kappa shape index (κ3) is 3.27. The van der Waals surface area contributed by atoms with Crippen LogP contribution in [0.1, 0.15) is 48.1 Å². The number of nitrogens with zero attached hydrogens (tertiary/aromatic N) is 2. The molecule has 41 heavy (non-hydrogen) atoms. The molecule has 1 aliphatic carbocycles. The maximum atomic E-state index is 15.8. The Morgan fingerprint density at radius 3 is 2.10 bits per heavy atom. The van der Waals surface area contributed by atoms with Crippen LogP contribution < -0.4 is 4.90 Å². The lowest BCUT2D eigenvalue weighted by Gasteiger charge is -2.37. The summed E-state index contributed by atoms with van der Waals surface area (Å²) in [6.07, 6.45) is 3.60. The van der Waals surface area contributed by atoms with Gasteiger partial charge in [-0.25, -0.2) is 4.39 Å². The lowest BCUT2D eigenvalue weighted by molar-refractivity contribution is -0.384. The molecule has 0 saturated carbocycles. The molecule has 0 aromatic heterocycles. The predicted molar refractivity (Wildman–Crippen MR) is 150 cm³/mol. The van der Waals surface area contributed by atoms with Gasteiger partial charge in [0, 0.05) is 40.4 Å². The van der Waals surface area contributed by atoms with Crippen molar-refractivity contribution in [2.24, 2.45) is 5.41 Å². The molecule has 0 bridgehead atoms. The predicted octanol–water partition coefficient (Wildman–Crippen LogP) is 6.05. The molecule has 7 rings (SSSR count). The Labute approximate surface area is 233 Å². The summed E-state index contributed by atoms with van der Waals surface area (Å²) in [5.74, 6) is -3.21. The quantitative estimate of drug-likeness (QED) is 0.134. The zero-order valence-corrected chi connectivity index (χ0v) is 21.4. The average molecular weight is 545 g/mol. The van der Waals surface area contributed by atoms with Crippen LogP contribution in [0.3, 0.4) is 0 Å². The molecule has 1 fully saturated rings. The number of Topliss-reactive ketones (excluding diaryl/α,β-unsaturated/α-hetero) is 3. The van der Waals surface area contributed by atoms with Crippen LogP contribution in [0.2, 0.25) is 0 Å². The summed E-state index contributed by atoms with van der Waals surface area (Å²) in [4.78, 5) is 56.1. The molecule has 1 unspecified atom stereocenters. The van der Waals surface area contributed by atoms with Crippen molar-refractivity contribution in [3.8, 4) is 0 Å². The number of anilines is 1. The SMILES string of the molecule is O=C(c1ccc([N+](=O)[O-])cc1)[C@@H]1[C@@H](c2ccccc2F)C2(C(=O)c3ccccc3C2=O)C2C=Cc3ccccc3N21. The maximum absolute atomic E-state index is 15.8. The highest BCUT2D eigenvalue weighted by Crippen LogP contribution is 2.61. The Kier molecular flexibility index (Phi) is 5.37. The number of halogens is 1. The van der Waals surface area contributed by atoms with E-state index < -0.39 is 51.5 Å². The normalized spacial score (nSPS) is 21.5. The molecule has 2 aliphatic heterocycles. The number of non-ortho nitro benzene ring substituents is 1. The fourth-order valence-electron chi connectivity index (χ4n) is 6.91. The van der Waals surface area contributed by atoms with Gasteiger partial charge in [0.2, 0.25) is 0 Å². The molecule has 0 radical (unpaired) electrons. The van der Waals surface area contributed by atoms with Gasteiger partial charge >= 0.3 is 0 Å². The smallest absolute Gasteiger partial charge is 0.269 e. The number of fused-ring (bicyclic) bond motifs is 5. The van der Waals surface area contributed by atoms with Crippen LogP contribution in [0.4, 0.5) is 15.8 Å². The van der Waals surface area contributed by atoms with Gasteiger partial charge in [0.25, 0.3) is 5.69 Å². The number of nitro groups is 1. The number of benzene rings is 4. The Morgan fingerprint density at radius 1 is 0.829 bits per heavy atom. The summed E-state index contributed by atoms with van der Waals surface area (Å²) in [6.45, 7) is 0. The van der Waals surface area contributed by atoms with Crippen LogP contribution in [-0.4, -0.2) is 34.4 Å². The number of ketones is 3. The third-order valence-corrected chi connectivity index (χ3v) is 8.58. The third-order valence-electron chi connectivity index (χ3n) is 8.58. The van der Waals surface area contributed by atoms with Crippen molar-refractivity contribution in [3.05, 3.63) is 147 Å². The van der Waals surface area contributed by atoms with Gasteiger partial charge in [0.05, 0.1) is 11.0 Å². The van der Waals surface area contributed by atoms with Gasteiger partial charge in [-0.15, -0.1) is 0 Å². The van der Waals surface area contributed by atoms with Gasteiger partial charge in [-0.3, -0.25) is 24.5 Å². The Morgan fingerprint density at radius 2 is 1.44 bits per heavy atom. The van der Waals surface area contributed by atoms with E-state index in [1.807, 2.05) is 24.3 Å². The van der Waals surface area contributed by atoms with E-state index in [1.54, 1.807) is 47.4 Å². The zero-order chi connectivity index (χ0) is 28.5. The summed E-state index contributed by atoms with van der Waals surface area (Å²) >= 11 is 0. The first kappa shape index (κ1) is 24.8. The van der Waals surface area contributed by atoms with E-state index in [2.05, 4.69) is 0 Å². The summed E-state index contributed by atoms with van der Waals surface area (Å²) in [7, 11) is 0. The topological polar surface area (TPSA) is 97.6 Å². The van der Waals surface area contributed by atoms with E-state index in [1.165, 1.54) is 42.5 Å².